The molecule has 5 rings (SSSR count). The lowest BCUT2D eigenvalue weighted by Gasteiger charge is -2.46. The number of piperidine rings is 1. The van der Waals surface area contributed by atoms with Gasteiger partial charge >= 0.3 is 0 Å². The van der Waals surface area contributed by atoms with Crippen LogP contribution in [0.1, 0.15) is 60.7 Å². The molecule has 39 heavy (non-hydrogen) atoms. The van der Waals surface area contributed by atoms with E-state index >= 15 is 0 Å². The predicted molar refractivity (Wildman–Crippen MR) is 155 cm³/mol. The number of carbonyl (C=O) groups excluding carboxylic acids is 1. The minimum absolute atomic E-state index is 0.116. The van der Waals surface area contributed by atoms with Gasteiger partial charge in [-0.15, -0.1) is 0 Å². The first-order chi connectivity index (χ1) is 18.8. The average Bonchev–Trinajstić information content (AvgIpc) is 2.92. The van der Waals surface area contributed by atoms with Crippen LogP contribution in [-0.2, 0) is 13.0 Å². The summed E-state index contributed by atoms with van der Waals surface area (Å²) in [5, 5.41) is 11.0. The smallest absolute Gasteiger partial charge is 0.253 e. The molecule has 0 saturated carbocycles. The third kappa shape index (κ3) is 6.27. The largest absolute Gasteiger partial charge is 0.506 e. The normalized spacial score (nSPS) is 20.8. The van der Waals surface area contributed by atoms with Crippen LogP contribution in [-0.4, -0.2) is 59.1 Å². The number of amides is 1. The highest BCUT2D eigenvalue weighted by Crippen LogP contribution is 2.36. The third-order valence-corrected chi connectivity index (χ3v) is 8.44. The van der Waals surface area contributed by atoms with Gasteiger partial charge in [-0.1, -0.05) is 43.3 Å². The van der Waals surface area contributed by atoms with E-state index in [0.717, 1.165) is 67.0 Å². The Labute approximate surface area is 231 Å². The van der Waals surface area contributed by atoms with Crippen LogP contribution >= 0.6 is 0 Å². The minimum Gasteiger partial charge on any atom is -0.506 e. The Morgan fingerprint density at radius 3 is 2.33 bits per heavy atom. The highest BCUT2D eigenvalue weighted by molar-refractivity contribution is 5.94. The number of rotatable bonds is 6. The number of nitrogens with zero attached hydrogens (tertiary/aromatic N) is 3. The molecule has 206 valence electrons. The molecule has 6 heteroatoms. The van der Waals surface area contributed by atoms with Gasteiger partial charge in [0.1, 0.15) is 11.6 Å². The number of likely N-dealkylation sites (tertiary alicyclic amines) is 1. The molecule has 3 aromatic carbocycles. The van der Waals surface area contributed by atoms with Gasteiger partial charge in [-0.3, -0.25) is 9.69 Å². The Kier molecular flexibility index (Phi) is 8.22. The second-order valence-corrected chi connectivity index (χ2v) is 11.5. The second-order valence-electron chi connectivity index (χ2n) is 11.5. The molecule has 2 aliphatic rings. The number of halogens is 1. The van der Waals surface area contributed by atoms with E-state index in [4.69, 9.17) is 0 Å². The van der Waals surface area contributed by atoms with E-state index in [1.54, 1.807) is 18.2 Å². The molecule has 0 aliphatic carbocycles. The van der Waals surface area contributed by atoms with Crippen molar-refractivity contribution in [1.29, 1.82) is 0 Å². The molecule has 2 aliphatic heterocycles. The SMILES string of the molecule is CC1CCN(C(=O)c2ccc(Cc3cccc(O)c3N3C[C@@H](C)N(Cc4cccc(F)c4)C[C@H]3C)cc2)CC1. The number of phenols is 1. The zero-order valence-corrected chi connectivity index (χ0v) is 23.3. The number of benzene rings is 3. The van der Waals surface area contributed by atoms with Crippen LogP contribution in [0.25, 0.3) is 0 Å². The van der Waals surface area contributed by atoms with Crippen LogP contribution in [0, 0.1) is 11.7 Å². The van der Waals surface area contributed by atoms with Crippen LogP contribution in [0.2, 0.25) is 0 Å². The van der Waals surface area contributed by atoms with Gasteiger partial charge in [0.15, 0.2) is 0 Å². The summed E-state index contributed by atoms with van der Waals surface area (Å²) in [4.78, 5) is 19.6. The Morgan fingerprint density at radius 1 is 0.897 bits per heavy atom. The fourth-order valence-electron chi connectivity index (χ4n) is 6.03. The average molecular weight is 530 g/mol. The van der Waals surface area contributed by atoms with Crippen LogP contribution in [0.15, 0.2) is 66.7 Å². The minimum atomic E-state index is -0.204. The summed E-state index contributed by atoms with van der Waals surface area (Å²) >= 11 is 0. The fourth-order valence-corrected chi connectivity index (χ4v) is 6.03. The number of aromatic hydroxyl groups is 1. The molecule has 2 saturated heterocycles. The van der Waals surface area contributed by atoms with Crippen molar-refractivity contribution in [2.24, 2.45) is 5.92 Å². The van der Waals surface area contributed by atoms with E-state index in [0.29, 0.717) is 18.9 Å². The third-order valence-electron chi connectivity index (χ3n) is 8.44. The maximum absolute atomic E-state index is 13.7. The first-order valence-electron chi connectivity index (χ1n) is 14.2. The Hall–Kier alpha value is -3.38. The van der Waals surface area contributed by atoms with Crippen molar-refractivity contribution in [2.45, 2.75) is 58.7 Å². The number of anilines is 1. The summed E-state index contributed by atoms with van der Waals surface area (Å²) in [6.07, 6.45) is 2.81. The zero-order valence-electron chi connectivity index (χ0n) is 23.3. The van der Waals surface area contributed by atoms with Crippen molar-refractivity contribution in [3.05, 3.63) is 94.8 Å². The molecule has 2 atom stereocenters. The molecule has 0 aromatic heterocycles. The van der Waals surface area contributed by atoms with Crippen molar-refractivity contribution in [2.75, 3.05) is 31.1 Å². The Bertz CT molecular complexity index is 1290. The summed E-state index contributed by atoms with van der Waals surface area (Å²) in [5.41, 5.74) is 4.77. The van der Waals surface area contributed by atoms with Crippen LogP contribution in [0.3, 0.4) is 0 Å². The number of hydrogen-bond acceptors (Lipinski definition) is 4. The van der Waals surface area contributed by atoms with Gasteiger partial charge in [0.25, 0.3) is 5.91 Å². The van der Waals surface area contributed by atoms with Gasteiger partial charge < -0.3 is 14.9 Å². The number of para-hydroxylation sites is 1. The lowest BCUT2D eigenvalue weighted by atomic mass is 9.97. The van der Waals surface area contributed by atoms with E-state index in [1.165, 1.54) is 6.07 Å². The molecule has 3 aromatic rings. The molecule has 0 spiro atoms. The van der Waals surface area contributed by atoms with Crippen molar-refractivity contribution < 1.29 is 14.3 Å². The first-order valence-corrected chi connectivity index (χ1v) is 14.2. The van der Waals surface area contributed by atoms with Gasteiger partial charge in [0.05, 0.1) is 5.69 Å². The predicted octanol–water partition coefficient (Wildman–Crippen LogP) is 6.09. The lowest BCUT2D eigenvalue weighted by molar-refractivity contribution is 0.0697. The van der Waals surface area contributed by atoms with E-state index in [1.807, 2.05) is 41.3 Å². The number of piperazine rings is 1. The van der Waals surface area contributed by atoms with E-state index < -0.39 is 0 Å². The number of carbonyl (C=O) groups is 1. The van der Waals surface area contributed by atoms with Crippen LogP contribution in [0.5, 0.6) is 5.75 Å². The van der Waals surface area contributed by atoms with Crippen molar-refractivity contribution >= 4 is 11.6 Å². The molecule has 2 fully saturated rings. The maximum Gasteiger partial charge on any atom is 0.253 e. The fraction of sp³-hybridized carbons (Fsp3) is 0.424. The van der Waals surface area contributed by atoms with Crippen molar-refractivity contribution in [3.8, 4) is 5.75 Å². The molecular weight excluding hydrogens is 489 g/mol. The monoisotopic (exact) mass is 529 g/mol. The lowest BCUT2D eigenvalue weighted by Crippen LogP contribution is -2.56. The molecule has 0 bridgehead atoms. The van der Waals surface area contributed by atoms with Gasteiger partial charge in [0, 0.05) is 50.4 Å². The number of hydrogen-bond donors (Lipinski definition) is 1. The highest BCUT2D eigenvalue weighted by atomic mass is 19.1. The molecule has 2 heterocycles. The van der Waals surface area contributed by atoms with Crippen LogP contribution in [0.4, 0.5) is 10.1 Å². The maximum atomic E-state index is 13.7. The molecular formula is C33H40FN3O2. The number of phenolic OH excluding ortho intramolecular Hbond substituents is 1. The molecule has 0 radical (unpaired) electrons. The summed E-state index contributed by atoms with van der Waals surface area (Å²) < 4.78 is 13.7. The van der Waals surface area contributed by atoms with Crippen LogP contribution < -0.4 is 4.90 Å². The summed E-state index contributed by atoms with van der Waals surface area (Å²) in [6.45, 7) is 10.6. The highest BCUT2D eigenvalue weighted by Gasteiger charge is 2.31. The van der Waals surface area contributed by atoms with Gasteiger partial charge in [-0.05, 0) is 86.1 Å². The Balaban J connectivity index is 1.29. The Morgan fingerprint density at radius 2 is 1.62 bits per heavy atom. The van der Waals surface area contributed by atoms with Crippen molar-refractivity contribution in [3.63, 3.8) is 0 Å². The summed E-state index contributed by atoms with van der Waals surface area (Å²) in [5.74, 6) is 0.890. The molecule has 5 nitrogen and oxygen atoms in total. The summed E-state index contributed by atoms with van der Waals surface area (Å²) in [7, 11) is 0. The second kappa shape index (κ2) is 11.8. The molecule has 0 unspecified atom stereocenters. The van der Waals surface area contributed by atoms with Gasteiger partial charge in [-0.2, -0.15) is 0 Å². The van der Waals surface area contributed by atoms with Gasteiger partial charge in [0.2, 0.25) is 0 Å². The topological polar surface area (TPSA) is 47.0 Å². The zero-order chi connectivity index (χ0) is 27.5. The van der Waals surface area contributed by atoms with Crippen molar-refractivity contribution in [1.82, 2.24) is 9.80 Å². The standard InChI is InChI=1S/C33H40FN3O2/c1-23-14-16-35(17-15-23)33(39)28-12-10-26(11-13-28)18-29-7-5-9-31(38)32(29)37-21-24(2)36(20-25(37)3)22-27-6-4-8-30(34)19-27/h4-13,19,23-25,38H,14-18,20-22H2,1-3H3/t24-,25-/m1/s1. The van der Waals surface area contributed by atoms with E-state index in [-0.39, 0.29) is 29.6 Å². The molecule has 1 amide bonds. The summed E-state index contributed by atoms with van der Waals surface area (Å²) in [6, 6.07) is 20.9. The van der Waals surface area contributed by atoms with E-state index in [9.17, 15) is 14.3 Å². The van der Waals surface area contributed by atoms with Gasteiger partial charge in [-0.25, -0.2) is 4.39 Å². The first kappa shape index (κ1) is 27.2. The molecule has 1 N–H and O–H groups in total. The quantitative estimate of drug-likeness (QED) is 0.420. The van der Waals surface area contributed by atoms with E-state index in [2.05, 4.69) is 36.6 Å².